The average molecular weight is 306 g/mol. The van der Waals surface area contributed by atoms with Crippen molar-refractivity contribution in [1.29, 1.82) is 0 Å². The van der Waals surface area contributed by atoms with Crippen LogP contribution in [-0.4, -0.2) is 20.4 Å². The SMILES string of the molecule is Cc1ccnc2c1nc(CCCl)n2-c1cccc(Cl)c1. The van der Waals surface area contributed by atoms with Crippen molar-refractivity contribution in [1.82, 2.24) is 14.5 Å². The van der Waals surface area contributed by atoms with Gasteiger partial charge in [0.15, 0.2) is 5.65 Å². The second-order valence-electron chi connectivity index (χ2n) is 4.58. The molecule has 0 saturated heterocycles. The van der Waals surface area contributed by atoms with Crippen molar-refractivity contribution in [2.24, 2.45) is 0 Å². The molecule has 0 spiro atoms. The van der Waals surface area contributed by atoms with Gasteiger partial charge in [-0.15, -0.1) is 11.6 Å². The van der Waals surface area contributed by atoms with E-state index in [2.05, 4.69) is 9.97 Å². The topological polar surface area (TPSA) is 30.7 Å². The molecule has 0 amide bonds. The fraction of sp³-hybridized carbons (Fsp3) is 0.200. The van der Waals surface area contributed by atoms with Gasteiger partial charge in [-0.25, -0.2) is 9.97 Å². The summed E-state index contributed by atoms with van der Waals surface area (Å²) in [5.41, 5.74) is 3.81. The summed E-state index contributed by atoms with van der Waals surface area (Å²) in [6.45, 7) is 2.03. The Morgan fingerprint density at radius 1 is 1.25 bits per heavy atom. The molecule has 0 fully saturated rings. The van der Waals surface area contributed by atoms with Crippen molar-refractivity contribution < 1.29 is 0 Å². The molecule has 3 rings (SSSR count). The Bertz CT molecular complexity index is 765. The zero-order valence-corrected chi connectivity index (χ0v) is 12.5. The van der Waals surface area contributed by atoms with Crippen LogP contribution in [0, 0.1) is 6.92 Å². The number of imidazole rings is 1. The van der Waals surface area contributed by atoms with Crippen molar-refractivity contribution in [3.63, 3.8) is 0 Å². The number of alkyl halides is 1. The number of fused-ring (bicyclic) bond motifs is 1. The van der Waals surface area contributed by atoms with Gasteiger partial charge in [-0.1, -0.05) is 17.7 Å². The molecule has 0 N–H and O–H groups in total. The first kappa shape index (κ1) is 13.4. The Hall–Kier alpha value is -1.58. The van der Waals surface area contributed by atoms with Gasteiger partial charge < -0.3 is 0 Å². The highest BCUT2D eigenvalue weighted by Crippen LogP contribution is 2.24. The fourth-order valence-electron chi connectivity index (χ4n) is 2.28. The average Bonchev–Trinajstić information content (AvgIpc) is 2.79. The number of rotatable bonds is 3. The number of nitrogens with zero attached hydrogens (tertiary/aromatic N) is 3. The minimum atomic E-state index is 0.517. The van der Waals surface area contributed by atoms with E-state index in [-0.39, 0.29) is 0 Å². The Balaban J connectivity index is 2.32. The molecule has 0 radical (unpaired) electrons. The molecule has 5 heteroatoms. The molecule has 0 aliphatic heterocycles. The van der Waals surface area contributed by atoms with Gasteiger partial charge in [0.1, 0.15) is 11.3 Å². The molecular formula is C15H13Cl2N3. The van der Waals surface area contributed by atoms with Gasteiger partial charge in [-0.2, -0.15) is 0 Å². The molecule has 1 aromatic carbocycles. The highest BCUT2D eigenvalue weighted by molar-refractivity contribution is 6.30. The monoisotopic (exact) mass is 305 g/mol. The van der Waals surface area contributed by atoms with E-state index in [0.29, 0.717) is 17.3 Å². The molecule has 0 saturated carbocycles. The van der Waals surface area contributed by atoms with Crippen molar-refractivity contribution in [3.8, 4) is 5.69 Å². The lowest BCUT2D eigenvalue weighted by Gasteiger charge is -2.08. The Morgan fingerprint density at radius 3 is 2.85 bits per heavy atom. The summed E-state index contributed by atoms with van der Waals surface area (Å²) in [7, 11) is 0. The smallest absolute Gasteiger partial charge is 0.164 e. The van der Waals surface area contributed by atoms with Gasteiger partial charge >= 0.3 is 0 Å². The van der Waals surface area contributed by atoms with Crippen LogP contribution in [0.15, 0.2) is 36.5 Å². The van der Waals surface area contributed by atoms with Crippen LogP contribution in [-0.2, 0) is 6.42 Å². The molecular weight excluding hydrogens is 293 g/mol. The number of hydrogen-bond donors (Lipinski definition) is 0. The van der Waals surface area contributed by atoms with Crippen molar-refractivity contribution in [2.45, 2.75) is 13.3 Å². The quantitative estimate of drug-likeness (QED) is 0.680. The van der Waals surface area contributed by atoms with E-state index in [9.17, 15) is 0 Å². The van der Waals surface area contributed by atoms with E-state index in [1.54, 1.807) is 6.20 Å². The number of pyridine rings is 1. The third-order valence-electron chi connectivity index (χ3n) is 3.20. The first-order valence-corrected chi connectivity index (χ1v) is 7.27. The number of aryl methyl sites for hydroxylation is 2. The molecule has 3 aromatic rings. The lowest BCUT2D eigenvalue weighted by Crippen LogP contribution is -2.02. The largest absolute Gasteiger partial charge is 0.281 e. The number of halogens is 2. The molecule has 0 atom stereocenters. The summed E-state index contributed by atoms with van der Waals surface area (Å²) in [4.78, 5) is 9.15. The van der Waals surface area contributed by atoms with E-state index in [0.717, 1.165) is 28.2 Å². The predicted octanol–water partition coefficient (Wildman–Crippen LogP) is 4.16. The van der Waals surface area contributed by atoms with Gasteiger partial charge in [0.05, 0.1) is 5.69 Å². The molecule has 0 aliphatic carbocycles. The number of benzene rings is 1. The Labute approximate surface area is 127 Å². The van der Waals surface area contributed by atoms with Crippen LogP contribution in [0.25, 0.3) is 16.9 Å². The Morgan fingerprint density at radius 2 is 2.10 bits per heavy atom. The molecule has 2 heterocycles. The maximum atomic E-state index is 6.09. The van der Waals surface area contributed by atoms with Crippen molar-refractivity contribution in [3.05, 3.63) is 52.9 Å². The maximum Gasteiger partial charge on any atom is 0.164 e. The minimum absolute atomic E-state index is 0.517. The first-order valence-electron chi connectivity index (χ1n) is 6.35. The van der Waals surface area contributed by atoms with Crippen LogP contribution in [0.3, 0.4) is 0 Å². The Kier molecular flexibility index (Phi) is 3.64. The summed E-state index contributed by atoms with van der Waals surface area (Å²) in [5.74, 6) is 1.42. The lowest BCUT2D eigenvalue weighted by molar-refractivity contribution is 0.905. The number of aromatic nitrogens is 3. The van der Waals surface area contributed by atoms with Crippen LogP contribution >= 0.6 is 23.2 Å². The summed E-state index contributed by atoms with van der Waals surface area (Å²) in [6.07, 6.45) is 2.48. The summed E-state index contributed by atoms with van der Waals surface area (Å²) in [5, 5.41) is 0.689. The van der Waals surface area contributed by atoms with E-state index >= 15 is 0 Å². The van der Waals surface area contributed by atoms with Crippen molar-refractivity contribution in [2.75, 3.05) is 5.88 Å². The normalized spacial score (nSPS) is 11.2. The fourth-order valence-corrected chi connectivity index (χ4v) is 2.63. The van der Waals surface area contributed by atoms with E-state index in [1.807, 2.05) is 41.8 Å². The predicted molar refractivity (Wildman–Crippen MR) is 83.0 cm³/mol. The van der Waals surface area contributed by atoms with Crippen LogP contribution in [0.5, 0.6) is 0 Å². The third-order valence-corrected chi connectivity index (χ3v) is 3.63. The summed E-state index contributed by atoms with van der Waals surface area (Å²) >= 11 is 12.0. The van der Waals surface area contributed by atoms with E-state index in [4.69, 9.17) is 23.2 Å². The zero-order valence-electron chi connectivity index (χ0n) is 11.0. The lowest BCUT2D eigenvalue weighted by atomic mass is 10.2. The second kappa shape index (κ2) is 5.43. The molecule has 0 bridgehead atoms. The van der Waals surface area contributed by atoms with Gasteiger partial charge in [-0.05, 0) is 36.8 Å². The molecule has 3 nitrogen and oxygen atoms in total. The second-order valence-corrected chi connectivity index (χ2v) is 5.40. The number of hydrogen-bond acceptors (Lipinski definition) is 2. The minimum Gasteiger partial charge on any atom is -0.281 e. The van der Waals surface area contributed by atoms with Crippen molar-refractivity contribution >= 4 is 34.4 Å². The third kappa shape index (κ3) is 2.28. The highest BCUT2D eigenvalue weighted by atomic mass is 35.5. The van der Waals surface area contributed by atoms with Gasteiger partial charge in [0, 0.05) is 23.5 Å². The van der Waals surface area contributed by atoms with Crippen LogP contribution < -0.4 is 0 Å². The molecule has 0 aliphatic rings. The van der Waals surface area contributed by atoms with Crippen LogP contribution in [0.1, 0.15) is 11.4 Å². The zero-order chi connectivity index (χ0) is 14.1. The van der Waals surface area contributed by atoms with Crippen LogP contribution in [0.4, 0.5) is 0 Å². The molecule has 102 valence electrons. The summed E-state index contributed by atoms with van der Waals surface area (Å²) in [6, 6.07) is 9.63. The molecule has 2 aromatic heterocycles. The van der Waals surface area contributed by atoms with Gasteiger partial charge in [0.2, 0.25) is 0 Å². The first-order chi connectivity index (χ1) is 9.70. The van der Waals surface area contributed by atoms with E-state index in [1.165, 1.54) is 0 Å². The molecule has 0 unspecified atom stereocenters. The van der Waals surface area contributed by atoms with Gasteiger partial charge in [-0.3, -0.25) is 4.57 Å². The maximum absolute atomic E-state index is 6.09. The van der Waals surface area contributed by atoms with Gasteiger partial charge in [0.25, 0.3) is 0 Å². The molecule has 20 heavy (non-hydrogen) atoms. The van der Waals surface area contributed by atoms with E-state index < -0.39 is 0 Å². The standard InChI is InChI=1S/C15H13Cl2N3/c1-10-6-8-18-15-14(10)19-13(5-7-16)20(15)12-4-2-3-11(17)9-12/h2-4,6,8-9H,5,7H2,1H3. The highest BCUT2D eigenvalue weighted by Gasteiger charge is 2.14. The van der Waals surface area contributed by atoms with Crippen LogP contribution in [0.2, 0.25) is 5.02 Å². The summed E-state index contributed by atoms with van der Waals surface area (Å²) < 4.78 is 2.02.